The zero-order valence-corrected chi connectivity index (χ0v) is 14.3. The van der Waals surface area contributed by atoms with Crippen molar-refractivity contribution in [1.82, 2.24) is 15.6 Å². The lowest BCUT2D eigenvalue weighted by atomic mass is 9.79. The molecule has 1 atom stereocenters. The number of fused-ring (bicyclic) bond motifs is 2. The number of benzene rings is 1. The van der Waals surface area contributed by atoms with Crippen molar-refractivity contribution < 1.29 is 9.18 Å². The third-order valence-corrected chi connectivity index (χ3v) is 5.66. The fourth-order valence-corrected chi connectivity index (χ4v) is 4.41. The quantitative estimate of drug-likeness (QED) is 0.899. The summed E-state index contributed by atoms with van der Waals surface area (Å²) in [6.07, 6.45) is 7.76. The maximum atomic E-state index is 14.2. The minimum atomic E-state index is -0.483. The van der Waals surface area contributed by atoms with Crippen LogP contribution in [0, 0.1) is 12.7 Å². The fraction of sp³-hybridized carbons (Fsp3) is 0.400. The fourth-order valence-electron chi connectivity index (χ4n) is 4.41. The summed E-state index contributed by atoms with van der Waals surface area (Å²) >= 11 is 0. The van der Waals surface area contributed by atoms with Crippen LogP contribution in [0.5, 0.6) is 0 Å². The standard InChI is InChI=1S/C20H22FN3O/c1-13-4-2-6-16(21)17(13)19(25)23-18(14-5-3-11-22-12-14)20-9-7-15(24-20)8-10-20/h2-6,11-12,15,18,24H,7-10H2,1H3,(H,23,25). The summed E-state index contributed by atoms with van der Waals surface area (Å²) in [6, 6.07) is 8.87. The number of nitrogens with zero attached hydrogens (tertiary/aromatic N) is 1. The van der Waals surface area contributed by atoms with Gasteiger partial charge in [-0.05, 0) is 55.9 Å². The topological polar surface area (TPSA) is 54.0 Å². The van der Waals surface area contributed by atoms with Gasteiger partial charge in [0.05, 0.1) is 11.6 Å². The van der Waals surface area contributed by atoms with E-state index in [1.165, 1.54) is 6.07 Å². The Labute approximate surface area is 146 Å². The molecular formula is C20H22FN3O. The van der Waals surface area contributed by atoms with E-state index in [1.807, 2.05) is 12.1 Å². The number of pyridine rings is 1. The molecule has 2 N–H and O–H groups in total. The van der Waals surface area contributed by atoms with Crippen LogP contribution >= 0.6 is 0 Å². The second kappa shape index (κ2) is 6.23. The van der Waals surface area contributed by atoms with Crippen molar-refractivity contribution in [2.75, 3.05) is 0 Å². The van der Waals surface area contributed by atoms with Crippen LogP contribution in [0.1, 0.15) is 53.2 Å². The van der Waals surface area contributed by atoms with Crippen LogP contribution in [0.25, 0.3) is 0 Å². The highest BCUT2D eigenvalue weighted by atomic mass is 19.1. The Hall–Kier alpha value is -2.27. The van der Waals surface area contributed by atoms with Crippen molar-refractivity contribution in [3.05, 3.63) is 65.2 Å². The molecule has 130 valence electrons. The average Bonchev–Trinajstić information content (AvgIpc) is 3.22. The largest absolute Gasteiger partial charge is 0.343 e. The van der Waals surface area contributed by atoms with Crippen molar-refractivity contribution >= 4 is 5.91 Å². The molecule has 2 saturated heterocycles. The summed E-state index contributed by atoms with van der Waals surface area (Å²) in [5.74, 6) is -0.848. The predicted octanol–water partition coefficient (Wildman–Crippen LogP) is 3.28. The molecule has 0 saturated carbocycles. The third kappa shape index (κ3) is 2.82. The Bertz CT molecular complexity index is 765. The van der Waals surface area contributed by atoms with E-state index in [9.17, 15) is 9.18 Å². The molecule has 4 rings (SSSR count). The molecule has 2 aliphatic heterocycles. The van der Waals surface area contributed by atoms with Crippen LogP contribution in [0.4, 0.5) is 4.39 Å². The second-order valence-corrected chi connectivity index (χ2v) is 7.20. The molecule has 0 spiro atoms. The van der Waals surface area contributed by atoms with E-state index in [-0.39, 0.29) is 23.1 Å². The molecule has 1 unspecified atom stereocenters. The lowest BCUT2D eigenvalue weighted by molar-refractivity contribution is 0.0902. The van der Waals surface area contributed by atoms with Crippen molar-refractivity contribution in [3.63, 3.8) is 0 Å². The van der Waals surface area contributed by atoms with Crippen molar-refractivity contribution in [2.24, 2.45) is 0 Å². The Balaban J connectivity index is 1.69. The highest BCUT2D eigenvalue weighted by Gasteiger charge is 2.50. The summed E-state index contributed by atoms with van der Waals surface area (Å²) < 4.78 is 14.2. The van der Waals surface area contributed by atoms with Crippen molar-refractivity contribution in [2.45, 2.75) is 50.2 Å². The predicted molar refractivity (Wildman–Crippen MR) is 93.7 cm³/mol. The van der Waals surface area contributed by atoms with Gasteiger partial charge in [-0.1, -0.05) is 18.2 Å². The van der Waals surface area contributed by atoms with Gasteiger partial charge in [0.25, 0.3) is 5.91 Å². The lowest BCUT2D eigenvalue weighted by Crippen LogP contribution is -2.50. The van der Waals surface area contributed by atoms with Gasteiger partial charge in [0.1, 0.15) is 5.82 Å². The monoisotopic (exact) mass is 339 g/mol. The minimum absolute atomic E-state index is 0.125. The van der Waals surface area contributed by atoms with Gasteiger partial charge in [-0.15, -0.1) is 0 Å². The summed E-state index contributed by atoms with van der Waals surface area (Å²) in [6.45, 7) is 1.76. The zero-order chi connectivity index (χ0) is 17.4. The number of hydrogen-bond donors (Lipinski definition) is 2. The van der Waals surface area contributed by atoms with Crippen LogP contribution < -0.4 is 10.6 Å². The van der Waals surface area contributed by atoms with Gasteiger partial charge in [0.2, 0.25) is 0 Å². The molecule has 1 aromatic heterocycles. The summed E-state index contributed by atoms with van der Waals surface area (Å²) in [7, 11) is 0. The lowest BCUT2D eigenvalue weighted by Gasteiger charge is -2.36. The van der Waals surface area contributed by atoms with E-state index in [1.54, 1.807) is 31.5 Å². The first kappa shape index (κ1) is 16.2. The summed E-state index contributed by atoms with van der Waals surface area (Å²) in [5, 5.41) is 6.80. The van der Waals surface area contributed by atoms with Gasteiger partial charge < -0.3 is 10.6 Å². The number of aromatic nitrogens is 1. The van der Waals surface area contributed by atoms with E-state index in [4.69, 9.17) is 0 Å². The molecule has 0 radical (unpaired) electrons. The second-order valence-electron chi connectivity index (χ2n) is 7.20. The van der Waals surface area contributed by atoms with Gasteiger partial charge >= 0.3 is 0 Å². The first-order valence-corrected chi connectivity index (χ1v) is 8.83. The Morgan fingerprint density at radius 3 is 2.72 bits per heavy atom. The first-order valence-electron chi connectivity index (χ1n) is 8.83. The van der Waals surface area contributed by atoms with Gasteiger partial charge in [0, 0.05) is 24.0 Å². The highest BCUT2D eigenvalue weighted by molar-refractivity contribution is 5.96. The maximum Gasteiger partial charge on any atom is 0.255 e. The Kier molecular flexibility index (Phi) is 4.04. The number of hydrogen-bond acceptors (Lipinski definition) is 3. The molecule has 2 bridgehead atoms. The maximum absolute atomic E-state index is 14.2. The summed E-state index contributed by atoms with van der Waals surface area (Å²) in [5.41, 5.74) is 1.56. The van der Waals surface area contributed by atoms with Crippen LogP contribution in [0.3, 0.4) is 0 Å². The summed E-state index contributed by atoms with van der Waals surface area (Å²) in [4.78, 5) is 17.1. The van der Waals surface area contributed by atoms with E-state index in [2.05, 4.69) is 15.6 Å². The molecule has 4 nitrogen and oxygen atoms in total. The van der Waals surface area contributed by atoms with E-state index >= 15 is 0 Å². The molecule has 1 amide bonds. The number of nitrogens with one attached hydrogen (secondary N) is 2. The van der Waals surface area contributed by atoms with Gasteiger partial charge in [0.15, 0.2) is 0 Å². The van der Waals surface area contributed by atoms with Crippen LogP contribution in [0.2, 0.25) is 0 Å². The van der Waals surface area contributed by atoms with E-state index in [0.29, 0.717) is 11.6 Å². The molecule has 0 aliphatic carbocycles. The van der Waals surface area contributed by atoms with Crippen LogP contribution in [-0.4, -0.2) is 22.5 Å². The van der Waals surface area contributed by atoms with Gasteiger partial charge in [-0.3, -0.25) is 9.78 Å². The minimum Gasteiger partial charge on any atom is -0.343 e. The van der Waals surface area contributed by atoms with Crippen LogP contribution in [-0.2, 0) is 0 Å². The van der Waals surface area contributed by atoms with Crippen molar-refractivity contribution in [1.29, 1.82) is 0 Å². The number of amides is 1. The number of rotatable bonds is 4. The van der Waals surface area contributed by atoms with E-state index < -0.39 is 5.82 Å². The molecule has 2 aliphatic rings. The molecule has 2 aromatic rings. The molecule has 25 heavy (non-hydrogen) atoms. The SMILES string of the molecule is Cc1cccc(F)c1C(=O)NC(c1cccnc1)C12CCC(CC1)N2. The number of halogens is 1. The molecule has 1 aromatic carbocycles. The normalized spacial score (nSPS) is 25.8. The smallest absolute Gasteiger partial charge is 0.255 e. The molecular weight excluding hydrogens is 317 g/mol. The van der Waals surface area contributed by atoms with Crippen molar-refractivity contribution in [3.8, 4) is 0 Å². The average molecular weight is 339 g/mol. The molecule has 3 heterocycles. The zero-order valence-electron chi connectivity index (χ0n) is 14.3. The van der Waals surface area contributed by atoms with Crippen LogP contribution in [0.15, 0.2) is 42.7 Å². The van der Waals surface area contributed by atoms with E-state index in [0.717, 1.165) is 31.2 Å². The number of carbonyl (C=O) groups excluding carboxylic acids is 1. The third-order valence-electron chi connectivity index (χ3n) is 5.66. The Morgan fingerprint density at radius 1 is 1.32 bits per heavy atom. The molecule has 2 fully saturated rings. The van der Waals surface area contributed by atoms with Gasteiger partial charge in [-0.25, -0.2) is 4.39 Å². The Morgan fingerprint density at radius 2 is 2.12 bits per heavy atom. The number of aryl methyl sites for hydroxylation is 1. The number of carbonyl (C=O) groups is 1. The van der Waals surface area contributed by atoms with Gasteiger partial charge in [-0.2, -0.15) is 0 Å². The highest BCUT2D eigenvalue weighted by Crippen LogP contribution is 2.45. The first-order chi connectivity index (χ1) is 12.1. The molecule has 5 heteroatoms.